The van der Waals surface area contributed by atoms with E-state index in [9.17, 15) is 9.59 Å². The molecule has 0 spiro atoms. The molecule has 28 heavy (non-hydrogen) atoms. The summed E-state index contributed by atoms with van der Waals surface area (Å²) in [5, 5.41) is 2.88. The van der Waals surface area contributed by atoms with Crippen molar-refractivity contribution in [1.82, 2.24) is 0 Å². The van der Waals surface area contributed by atoms with E-state index in [-0.39, 0.29) is 18.3 Å². The fourth-order valence-corrected chi connectivity index (χ4v) is 3.12. The molecule has 1 heterocycles. The second-order valence-electron chi connectivity index (χ2n) is 6.68. The number of amides is 1. The van der Waals surface area contributed by atoms with Crippen LogP contribution in [0.2, 0.25) is 0 Å². The summed E-state index contributed by atoms with van der Waals surface area (Å²) in [4.78, 5) is 27.1. The molecule has 2 aromatic carbocycles. The predicted octanol–water partition coefficient (Wildman–Crippen LogP) is 3.27. The van der Waals surface area contributed by atoms with E-state index >= 15 is 0 Å². The lowest BCUT2D eigenvalue weighted by Crippen LogP contribution is -2.37. The SMILES string of the molecule is CCCOC(=O)c1cc(NC(=O)Cc2ccccc2)ccc1N1CCOCC1. The zero-order valence-electron chi connectivity index (χ0n) is 16.1. The number of hydrogen-bond acceptors (Lipinski definition) is 5. The highest BCUT2D eigenvalue weighted by Crippen LogP contribution is 2.26. The third kappa shape index (κ3) is 5.33. The van der Waals surface area contributed by atoms with Crippen LogP contribution < -0.4 is 10.2 Å². The van der Waals surface area contributed by atoms with Crippen molar-refractivity contribution in [2.24, 2.45) is 0 Å². The molecule has 1 saturated heterocycles. The number of hydrogen-bond donors (Lipinski definition) is 1. The summed E-state index contributed by atoms with van der Waals surface area (Å²) >= 11 is 0. The fourth-order valence-electron chi connectivity index (χ4n) is 3.12. The van der Waals surface area contributed by atoms with Crippen LogP contribution in [0.3, 0.4) is 0 Å². The smallest absolute Gasteiger partial charge is 0.340 e. The van der Waals surface area contributed by atoms with Crippen LogP contribution in [0, 0.1) is 0 Å². The number of nitrogens with one attached hydrogen (secondary N) is 1. The Balaban J connectivity index is 1.77. The van der Waals surface area contributed by atoms with E-state index < -0.39 is 0 Å². The molecule has 1 aliphatic heterocycles. The number of benzene rings is 2. The Morgan fingerprint density at radius 3 is 2.57 bits per heavy atom. The molecule has 2 aromatic rings. The monoisotopic (exact) mass is 382 g/mol. The topological polar surface area (TPSA) is 67.9 Å². The lowest BCUT2D eigenvalue weighted by atomic mass is 10.1. The molecule has 1 aliphatic rings. The first-order valence-corrected chi connectivity index (χ1v) is 9.65. The first-order valence-electron chi connectivity index (χ1n) is 9.65. The Morgan fingerprint density at radius 2 is 1.86 bits per heavy atom. The first-order chi connectivity index (χ1) is 13.7. The number of anilines is 2. The predicted molar refractivity (Wildman–Crippen MR) is 109 cm³/mol. The normalized spacial score (nSPS) is 13.8. The van der Waals surface area contributed by atoms with E-state index in [4.69, 9.17) is 9.47 Å². The van der Waals surface area contributed by atoms with Crippen molar-refractivity contribution in [3.8, 4) is 0 Å². The van der Waals surface area contributed by atoms with E-state index in [0.29, 0.717) is 44.2 Å². The highest BCUT2D eigenvalue weighted by molar-refractivity contribution is 5.99. The molecule has 0 unspecified atom stereocenters. The highest BCUT2D eigenvalue weighted by atomic mass is 16.5. The average Bonchev–Trinajstić information content (AvgIpc) is 2.73. The van der Waals surface area contributed by atoms with E-state index in [1.165, 1.54) is 0 Å². The maximum Gasteiger partial charge on any atom is 0.340 e. The molecular formula is C22H26N2O4. The minimum absolute atomic E-state index is 0.127. The third-order valence-corrected chi connectivity index (χ3v) is 4.50. The molecule has 3 rings (SSSR count). The number of carbonyl (C=O) groups excluding carboxylic acids is 2. The van der Waals surface area contributed by atoms with E-state index in [1.807, 2.05) is 49.4 Å². The average molecular weight is 382 g/mol. The van der Waals surface area contributed by atoms with Crippen molar-refractivity contribution < 1.29 is 19.1 Å². The number of morpholine rings is 1. The van der Waals surface area contributed by atoms with Crippen LogP contribution in [0.4, 0.5) is 11.4 Å². The van der Waals surface area contributed by atoms with Crippen molar-refractivity contribution in [2.75, 3.05) is 43.1 Å². The molecule has 0 atom stereocenters. The third-order valence-electron chi connectivity index (χ3n) is 4.50. The Labute approximate surface area is 165 Å². The van der Waals surface area contributed by atoms with Crippen LogP contribution in [0.5, 0.6) is 0 Å². The molecular weight excluding hydrogens is 356 g/mol. The molecule has 1 amide bonds. The van der Waals surface area contributed by atoms with Gasteiger partial charge in [-0.1, -0.05) is 37.3 Å². The summed E-state index contributed by atoms with van der Waals surface area (Å²) < 4.78 is 10.8. The zero-order valence-corrected chi connectivity index (χ0v) is 16.1. The summed E-state index contributed by atoms with van der Waals surface area (Å²) in [5.41, 5.74) is 2.80. The van der Waals surface area contributed by atoms with Crippen LogP contribution >= 0.6 is 0 Å². The van der Waals surface area contributed by atoms with Gasteiger partial charge in [0.15, 0.2) is 0 Å². The summed E-state index contributed by atoms with van der Waals surface area (Å²) in [6.07, 6.45) is 1.04. The van der Waals surface area contributed by atoms with Crippen molar-refractivity contribution in [3.63, 3.8) is 0 Å². The number of rotatable bonds is 7. The van der Waals surface area contributed by atoms with Gasteiger partial charge in [0.1, 0.15) is 0 Å². The molecule has 148 valence electrons. The molecule has 0 aliphatic carbocycles. The fraction of sp³-hybridized carbons (Fsp3) is 0.364. The number of ether oxygens (including phenoxy) is 2. The van der Waals surface area contributed by atoms with E-state index in [2.05, 4.69) is 10.2 Å². The highest BCUT2D eigenvalue weighted by Gasteiger charge is 2.21. The number of carbonyl (C=O) groups is 2. The first kappa shape index (κ1) is 19.9. The number of nitrogens with zero attached hydrogens (tertiary/aromatic N) is 1. The molecule has 6 heteroatoms. The standard InChI is InChI=1S/C22H26N2O4/c1-2-12-28-22(26)19-16-18(8-9-20(19)24-10-13-27-14-11-24)23-21(25)15-17-6-4-3-5-7-17/h3-9,16H,2,10-15H2,1H3,(H,23,25). The Kier molecular flexibility index (Phi) is 7.03. The minimum Gasteiger partial charge on any atom is -0.462 e. The summed E-state index contributed by atoms with van der Waals surface area (Å²) in [7, 11) is 0. The van der Waals surface area contributed by atoms with E-state index in [1.54, 1.807) is 6.07 Å². The molecule has 1 N–H and O–H groups in total. The van der Waals surface area contributed by atoms with Gasteiger partial charge in [-0.15, -0.1) is 0 Å². The lowest BCUT2D eigenvalue weighted by molar-refractivity contribution is -0.115. The van der Waals surface area contributed by atoms with E-state index in [0.717, 1.165) is 17.7 Å². The molecule has 0 bridgehead atoms. The maximum absolute atomic E-state index is 12.6. The van der Waals surface area contributed by atoms with Gasteiger partial charge in [0, 0.05) is 18.8 Å². The largest absolute Gasteiger partial charge is 0.462 e. The van der Waals surface area contributed by atoms with Gasteiger partial charge in [0.2, 0.25) is 5.91 Å². The summed E-state index contributed by atoms with van der Waals surface area (Å²) in [6, 6.07) is 14.9. The van der Waals surface area contributed by atoms with Crippen molar-refractivity contribution in [1.29, 1.82) is 0 Å². The van der Waals surface area contributed by atoms with Gasteiger partial charge in [0.05, 0.1) is 37.5 Å². The van der Waals surface area contributed by atoms with Crippen LogP contribution in [-0.4, -0.2) is 44.8 Å². The van der Waals surface area contributed by atoms with Gasteiger partial charge in [-0.2, -0.15) is 0 Å². The van der Waals surface area contributed by atoms with Gasteiger partial charge in [-0.3, -0.25) is 4.79 Å². The van der Waals surface area contributed by atoms with Crippen molar-refractivity contribution in [3.05, 3.63) is 59.7 Å². The minimum atomic E-state index is -0.373. The van der Waals surface area contributed by atoms with Gasteiger partial charge >= 0.3 is 5.97 Å². The number of esters is 1. The lowest BCUT2D eigenvalue weighted by Gasteiger charge is -2.30. The van der Waals surface area contributed by atoms with Crippen molar-refractivity contribution in [2.45, 2.75) is 19.8 Å². The second kappa shape index (κ2) is 9.90. The summed E-state index contributed by atoms with van der Waals surface area (Å²) in [5.74, 6) is -0.499. The Hall–Kier alpha value is -2.86. The molecule has 0 saturated carbocycles. The molecule has 0 aromatic heterocycles. The van der Waals surface area contributed by atoms with Gasteiger partial charge in [-0.25, -0.2) is 4.79 Å². The van der Waals surface area contributed by atoms with Gasteiger partial charge < -0.3 is 19.7 Å². The van der Waals surface area contributed by atoms with Crippen LogP contribution in [0.25, 0.3) is 0 Å². The maximum atomic E-state index is 12.6. The van der Waals surface area contributed by atoms with Crippen LogP contribution in [0.1, 0.15) is 29.3 Å². The zero-order chi connectivity index (χ0) is 19.8. The van der Waals surface area contributed by atoms with Crippen molar-refractivity contribution >= 4 is 23.3 Å². The molecule has 6 nitrogen and oxygen atoms in total. The Bertz CT molecular complexity index is 801. The quantitative estimate of drug-likeness (QED) is 0.745. The van der Waals surface area contributed by atoms with Gasteiger partial charge in [0.25, 0.3) is 0 Å². The Morgan fingerprint density at radius 1 is 1.11 bits per heavy atom. The molecule has 1 fully saturated rings. The van der Waals surface area contributed by atoms with Crippen LogP contribution in [-0.2, 0) is 20.7 Å². The van der Waals surface area contributed by atoms with Gasteiger partial charge in [-0.05, 0) is 30.2 Å². The second-order valence-corrected chi connectivity index (χ2v) is 6.68. The van der Waals surface area contributed by atoms with Crippen LogP contribution in [0.15, 0.2) is 48.5 Å². The molecule has 0 radical (unpaired) electrons. The summed E-state index contributed by atoms with van der Waals surface area (Å²) in [6.45, 7) is 5.00.